The van der Waals surface area contributed by atoms with Crippen molar-refractivity contribution in [1.29, 1.82) is 0 Å². The second-order valence-corrected chi connectivity index (χ2v) is 5.98. The number of nitrogens with one attached hydrogen (secondary N) is 1. The number of hydrogen-bond donors (Lipinski definition) is 1. The van der Waals surface area contributed by atoms with Crippen molar-refractivity contribution in [2.45, 2.75) is 24.6 Å². The van der Waals surface area contributed by atoms with Crippen LogP contribution in [0, 0.1) is 5.92 Å². The Morgan fingerprint density at radius 1 is 1.30 bits per heavy atom. The molecule has 3 rings (SSSR count). The van der Waals surface area contributed by atoms with Crippen molar-refractivity contribution in [1.82, 2.24) is 10.3 Å². The molecule has 4 heteroatoms. The topological polar surface area (TPSA) is 42.0 Å². The van der Waals surface area contributed by atoms with Gasteiger partial charge in [-0.05, 0) is 36.6 Å². The first-order valence-electron chi connectivity index (χ1n) is 7.00. The Balaban J connectivity index is 1.72. The van der Waals surface area contributed by atoms with E-state index in [2.05, 4.69) is 10.3 Å². The summed E-state index contributed by atoms with van der Waals surface area (Å²) < 4.78 is 0. The van der Waals surface area contributed by atoms with Crippen LogP contribution in [-0.2, 0) is 0 Å². The van der Waals surface area contributed by atoms with Gasteiger partial charge in [0, 0.05) is 23.5 Å². The normalized spacial score (nSPS) is 22.1. The maximum absolute atomic E-state index is 12.3. The molecule has 1 aromatic heterocycles. The maximum Gasteiger partial charge on any atom is 0.270 e. The van der Waals surface area contributed by atoms with Crippen LogP contribution in [0.3, 0.4) is 0 Å². The molecular formula is C16H17ClN2O. The molecule has 1 aliphatic rings. The Bertz CT molecular complexity index is 623. The molecule has 0 bridgehead atoms. The first-order valence-corrected chi connectivity index (χ1v) is 7.43. The number of halogens is 1. The Morgan fingerprint density at radius 2 is 2.15 bits per heavy atom. The van der Waals surface area contributed by atoms with Crippen molar-refractivity contribution in [2.24, 2.45) is 5.92 Å². The third kappa shape index (κ3) is 2.78. The van der Waals surface area contributed by atoms with Crippen LogP contribution in [-0.4, -0.2) is 22.8 Å². The summed E-state index contributed by atoms with van der Waals surface area (Å²) in [5.41, 5.74) is 0.503. The number of aromatic nitrogens is 1. The molecule has 1 aliphatic carbocycles. The highest BCUT2D eigenvalue weighted by molar-refractivity contribution is 6.20. The number of benzene rings is 1. The fraction of sp³-hybridized carbons (Fsp3) is 0.375. The van der Waals surface area contributed by atoms with Crippen molar-refractivity contribution in [3.8, 4) is 0 Å². The van der Waals surface area contributed by atoms with E-state index in [1.54, 1.807) is 6.20 Å². The van der Waals surface area contributed by atoms with E-state index in [0.29, 0.717) is 18.2 Å². The number of hydrogen-bond acceptors (Lipinski definition) is 2. The Hall–Kier alpha value is -1.61. The lowest BCUT2D eigenvalue weighted by Crippen LogP contribution is -2.29. The summed E-state index contributed by atoms with van der Waals surface area (Å²) in [7, 11) is 0. The van der Waals surface area contributed by atoms with Gasteiger partial charge in [0.25, 0.3) is 5.91 Å². The molecule has 0 aliphatic heterocycles. The fourth-order valence-electron chi connectivity index (χ4n) is 2.82. The van der Waals surface area contributed by atoms with Crippen molar-refractivity contribution in [2.75, 3.05) is 6.54 Å². The van der Waals surface area contributed by atoms with Gasteiger partial charge in [0.05, 0.1) is 0 Å². The molecule has 104 valence electrons. The minimum absolute atomic E-state index is 0.0974. The zero-order valence-corrected chi connectivity index (χ0v) is 11.9. The highest BCUT2D eigenvalue weighted by Gasteiger charge is 2.23. The number of nitrogens with zero attached hydrogens (tertiary/aromatic N) is 1. The first-order chi connectivity index (χ1) is 9.74. The van der Waals surface area contributed by atoms with Crippen molar-refractivity contribution < 1.29 is 4.79 Å². The van der Waals surface area contributed by atoms with E-state index in [-0.39, 0.29) is 11.3 Å². The Labute approximate surface area is 123 Å². The summed E-state index contributed by atoms with van der Waals surface area (Å²) >= 11 is 6.09. The molecule has 0 saturated heterocycles. The van der Waals surface area contributed by atoms with Crippen molar-refractivity contribution in [3.05, 3.63) is 42.2 Å². The number of carbonyl (C=O) groups is 1. The predicted octanol–water partition coefficient (Wildman–Crippen LogP) is 3.37. The van der Waals surface area contributed by atoms with Gasteiger partial charge in [-0.25, -0.2) is 0 Å². The maximum atomic E-state index is 12.3. The smallest absolute Gasteiger partial charge is 0.270 e. The van der Waals surface area contributed by atoms with Crippen LogP contribution in [0.2, 0.25) is 0 Å². The quantitative estimate of drug-likeness (QED) is 0.880. The third-order valence-electron chi connectivity index (χ3n) is 3.92. The molecular weight excluding hydrogens is 272 g/mol. The summed E-state index contributed by atoms with van der Waals surface area (Å²) in [5, 5.41) is 5.20. The molecule has 3 nitrogen and oxygen atoms in total. The molecule has 1 heterocycles. The van der Waals surface area contributed by atoms with E-state index >= 15 is 0 Å². The summed E-state index contributed by atoms with van der Waals surface area (Å²) in [5.74, 6) is 0.399. The summed E-state index contributed by atoms with van der Waals surface area (Å²) in [6.07, 6.45) is 4.82. The average Bonchev–Trinajstić information content (AvgIpc) is 2.90. The second-order valence-electron chi connectivity index (χ2n) is 5.37. The van der Waals surface area contributed by atoms with Gasteiger partial charge in [-0.15, -0.1) is 11.6 Å². The highest BCUT2D eigenvalue weighted by atomic mass is 35.5. The van der Waals surface area contributed by atoms with Gasteiger partial charge in [0.2, 0.25) is 0 Å². The predicted molar refractivity (Wildman–Crippen MR) is 81.1 cm³/mol. The van der Waals surface area contributed by atoms with E-state index in [1.165, 1.54) is 0 Å². The van der Waals surface area contributed by atoms with E-state index in [4.69, 9.17) is 11.6 Å². The van der Waals surface area contributed by atoms with Crippen LogP contribution in [0.1, 0.15) is 29.8 Å². The molecule has 1 amide bonds. The van der Waals surface area contributed by atoms with E-state index < -0.39 is 0 Å². The summed E-state index contributed by atoms with van der Waals surface area (Å²) in [4.78, 5) is 16.5. The lowest BCUT2D eigenvalue weighted by molar-refractivity contribution is 0.0944. The van der Waals surface area contributed by atoms with Gasteiger partial charge >= 0.3 is 0 Å². The lowest BCUT2D eigenvalue weighted by atomic mass is 10.1. The number of alkyl halides is 1. The van der Waals surface area contributed by atoms with Gasteiger partial charge in [-0.1, -0.05) is 24.3 Å². The third-order valence-corrected chi connectivity index (χ3v) is 4.31. The van der Waals surface area contributed by atoms with Gasteiger partial charge in [-0.3, -0.25) is 9.78 Å². The number of amides is 1. The molecule has 1 N–H and O–H groups in total. The SMILES string of the molecule is O=C(NCC1CCC(Cl)C1)c1nccc2ccccc12. The molecule has 1 fully saturated rings. The van der Waals surface area contributed by atoms with Crippen LogP contribution < -0.4 is 5.32 Å². The fourth-order valence-corrected chi connectivity index (χ4v) is 3.20. The van der Waals surface area contributed by atoms with Crippen LogP contribution in [0.15, 0.2) is 36.5 Å². The number of rotatable bonds is 3. The summed E-state index contributed by atoms with van der Waals surface area (Å²) in [6, 6.07) is 9.73. The van der Waals surface area contributed by atoms with Crippen LogP contribution in [0.5, 0.6) is 0 Å². The largest absolute Gasteiger partial charge is 0.350 e. The molecule has 1 aromatic carbocycles. The molecule has 2 aromatic rings. The van der Waals surface area contributed by atoms with Gasteiger partial charge in [-0.2, -0.15) is 0 Å². The minimum atomic E-state index is -0.0974. The Kier molecular flexibility index (Phi) is 3.88. The standard InChI is InChI=1S/C16H17ClN2O/c17-13-6-5-11(9-13)10-19-16(20)15-14-4-2-1-3-12(14)7-8-18-15/h1-4,7-8,11,13H,5-6,9-10H2,(H,19,20). The van der Waals surface area contributed by atoms with Crippen LogP contribution in [0.4, 0.5) is 0 Å². The molecule has 2 unspecified atom stereocenters. The molecule has 20 heavy (non-hydrogen) atoms. The minimum Gasteiger partial charge on any atom is -0.350 e. The molecule has 0 radical (unpaired) electrons. The Morgan fingerprint density at radius 3 is 2.95 bits per heavy atom. The molecule has 0 spiro atoms. The van der Waals surface area contributed by atoms with Crippen LogP contribution in [0.25, 0.3) is 10.8 Å². The van der Waals surface area contributed by atoms with E-state index in [0.717, 1.165) is 30.0 Å². The van der Waals surface area contributed by atoms with Gasteiger partial charge < -0.3 is 5.32 Å². The van der Waals surface area contributed by atoms with Crippen molar-refractivity contribution >= 4 is 28.3 Å². The zero-order valence-electron chi connectivity index (χ0n) is 11.2. The zero-order chi connectivity index (χ0) is 13.9. The number of pyridine rings is 1. The monoisotopic (exact) mass is 288 g/mol. The van der Waals surface area contributed by atoms with Crippen LogP contribution >= 0.6 is 11.6 Å². The molecule has 1 saturated carbocycles. The van der Waals surface area contributed by atoms with E-state index in [1.807, 2.05) is 30.3 Å². The van der Waals surface area contributed by atoms with Gasteiger partial charge in [0.15, 0.2) is 0 Å². The highest BCUT2D eigenvalue weighted by Crippen LogP contribution is 2.28. The van der Waals surface area contributed by atoms with Gasteiger partial charge in [0.1, 0.15) is 5.69 Å². The van der Waals surface area contributed by atoms with E-state index in [9.17, 15) is 4.79 Å². The average molecular weight is 289 g/mol. The molecule has 2 atom stereocenters. The number of carbonyl (C=O) groups excluding carboxylic acids is 1. The lowest BCUT2D eigenvalue weighted by Gasteiger charge is -2.11. The first kappa shape index (κ1) is 13.4. The number of fused-ring (bicyclic) bond motifs is 1. The summed E-state index contributed by atoms with van der Waals surface area (Å²) in [6.45, 7) is 0.687. The van der Waals surface area contributed by atoms with Crippen molar-refractivity contribution in [3.63, 3.8) is 0 Å². The second kappa shape index (κ2) is 5.80.